The number of likely N-dealkylation sites (tertiary alicyclic amines) is 1. The molecule has 6 nitrogen and oxygen atoms in total. The number of aromatic nitrogens is 2. The highest BCUT2D eigenvalue weighted by Gasteiger charge is 2.28. The molecule has 0 N–H and O–H groups in total. The Morgan fingerprint density at radius 2 is 2.08 bits per heavy atom. The van der Waals surface area contributed by atoms with Crippen molar-refractivity contribution in [3.8, 4) is 5.88 Å². The summed E-state index contributed by atoms with van der Waals surface area (Å²) in [6.07, 6.45) is 6.50. The molecule has 0 bridgehead atoms. The van der Waals surface area contributed by atoms with Crippen LogP contribution in [0.2, 0.25) is 0 Å². The van der Waals surface area contributed by atoms with E-state index in [1.54, 1.807) is 6.33 Å². The van der Waals surface area contributed by atoms with Gasteiger partial charge in [-0.15, -0.1) is 0 Å². The first kappa shape index (κ1) is 17.0. The summed E-state index contributed by atoms with van der Waals surface area (Å²) in [4.78, 5) is 25.0. The molecule has 1 amide bonds. The second kappa shape index (κ2) is 7.81. The quantitative estimate of drug-likeness (QED) is 0.801. The molecule has 2 aliphatic rings. The fourth-order valence-electron chi connectivity index (χ4n) is 3.31. The van der Waals surface area contributed by atoms with Crippen molar-refractivity contribution < 1.29 is 9.53 Å². The molecule has 1 aromatic heterocycles. The van der Waals surface area contributed by atoms with E-state index in [2.05, 4.69) is 28.7 Å². The van der Waals surface area contributed by atoms with Crippen molar-refractivity contribution in [1.82, 2.24) is 14.9 Å². The lowest BCUT2D eigenvalue weighted by Gasteiger charge is -2.19. The standard InChI is InChI=1S/C18H28N4O2/c1-14(2)5-6-18(23)22-10-7-15(12-22)24-17-11-16(19-13-20-17)21-8-3-4-9-21/h11,13-15H,3-10,12H2,1-2H3. The summed E-state index contributed by atoms with van der Waals surface area (Å²) in [7, 11) is 0. The van der Waals surface area contributed by atoms with Gasteiger partial charge in [0, 0.05) is 38.5 Å². The van der Waals surface area contributed by atoms with Crippen molar-refractivity contribution in [2.75, 3.05) is 31.1 Å². The topological polar surface area (TPSA) is 58.6 Å². The second-order valence-electron chi connectivity index (χ2n) is 7.21. The third-order valence-corrected chi connectivity index (χ3v) is 4.78. The predicted molar refractivity (Wildman–Crippen MR) is 93.2 cm³/mol. The van der Waals surface area contributed by atoms with Gasteiger partial charge in [-0.25, -0.2) is 9.97 Å². The average molecular weight is 332 g/mol. The minimum atomic E-state index is 0.0364. The first-order valence-corrected chi connectivity index (χ1v) is 9.13. The van der Waals surface area contributed by atoms with E-state index in [0.29, 0.717) is 24.8 Å². The number of carbonyl (C=O) groups excluding carboxylic acids is 1. The second-order valence-corrected chi connectivity index (χ2v) is 7.21. The molecule has 0 saturated carbocycles. The van der Waals surface area contributed by atoms with Crippen LogP contribution < -0.4 is 9.64 Å². The van der Waals surface area contributed by atoms with E-state index in [1.165, 1.54) is 12.8 Å². The van der Waals surface area contributed by atoms with Crippen LogP contribution in [-0.4, -0.2) is 53.1 Å². The minimum Gasteiger partial charge on any atom is -0.472 e. The number of nitrogens with zero attached hydrogens (tertiary/aromatic N) is 4. The van der Waals surface area contributed by atoms with Crippen LogP contribution in [0.3, 0.4) is 0 Å². The Kier molecular flexibility index (Phi) is 5.53. The molecule has 0 radical (unpaired) electrons. The van der Waals surface area contributed by atoms with Crippen molar-refractivity contribution in [1.29, 1.82) is 0 Å². The van der Waals surface area contributed by atoms with Gasteiger partial charge in [-0.1, -0.05) is 13.8 Å². The summed E-state index contributed by atoms with van der Waals surface area (Å²) < 4.78 is 6.01. The van der Waals surface area contributed by atoms with Crippen LogP contribution in [0.4, 0.5) is 5.82 Å². The van der Waals surface area contributed by atoms with Crippen LogP contribution >= 0.6 is 0 Å². The van der Waals surface area contributed by atoms with E-state index >= 15 is 0 Å². The normalized spacial score (nSPS) is 20.9. The predicted octanol–water partition coefficient (Wildman–Crippen LogP) is 2.49. The first-order chi connectivity index (χ1) is 11.6. The Balaban J connectivity index is 1.52. The van der Waals surface area contributed by atoms with Gasteiger partial charge in [0.2, 0.25) is 11.8 Å². The van der Waals surface area contributed by atoms with Gasteiger partial charge >= 0.3 is 0 Å². The Hall–Kier alpha value is -1.85. The van der Waals surface area contributed by atoms with Gasteiger partial charge in [0.05, 0.1) is 6.54 Å². The molecule has 3 rings (SSSR count). The van der Waals surface area contributed by atoms with E-state index in [-0.39, 0.29) is 12.0 Å². The highest BCUT2D eigenvalue weighted by Crippen LogP contribution is 2.23. The van der Waals surface area contributed by atoms with Crippen LogP contribution in [-0.2, 0) is 4.79 Å². The van der Waals surface area contributed by atoms with Crippen LogP contribution in [0.25, 0.3) is 0 Å². The van der Waals surface area contributed by atoms with Gasteiger partial charge in [-0.2, -0.15) is 0 Å². The highest BCUT2D eigenvalue weighted by atomic mass is 16.5. The molecule has 0 aromatic carbocycles. The summed E-state index contributed by atoms with van der Waals surface area (Å²) >= 11 is 0. The van der Waals surface area contributed by atoms with Crippen LogP contribution in [0.1, 0.15) is 46.0 Å². The molecule has 2 saturated heterocycles. The zero-order valence-electron chi connectivity index (χ0n) is 14.8. The molecule has 0 aliphatic carbocycles. The minimum absolute atomic E-state index is 0.0364. The third kappa shape index (κ3) is 4.36. The zero-order chi connectivity index (χ0) is 16.9. The third-order valence-electron chi connectivity index (χ3n) is 4.78. The largest absolute Gasteiger partial charge is 0.472 e. The van der Waals surface area contributed by atoms with Crippen molar-refractivity contribution in [2.45, 2.75) is 52.1 Å². The monoisotopic (exact) mass is 332 g/mol. The lowest BCUT2D eigenvalue weighted by molar-refractivity contribution is -0.130. The molecular formula is C18H28N4O2. The first-order valence-electron chi connectivity index (χ1n) is 9.13. The Morgan fingerprint density at radius 1 is 1.29 bits per heavy atom. The lowest BCUT2D eigenvalue weighted by atomic mass is 10.1. The Bertz CT molecular complexity index is 558. The molecule has 1 atom stereocenters. The van der Waals surface area contributed by atoms with E-state index in [9.17, 15) is 4.79 Å². The smallest absolute Gasteiger partial charge is 0.222 e. The molecule has 6 heteroatoms. The molecule has 1 aromatic rings. The molecule has 132 valence electrons. The van der Waals surface area contributed by atoms with Gasteiger partial charge in [-0.05, 0) is 25.2 Å². The van der Waals surface area contributed by atoms with Crippen molar-refractivity contribution in [3.63, 3.8) is 0 Å². The van der Waals surface area contributed by atoms with Gasteiger partial charge in [0.1, 0.15) is 18.2 Å². The van der Waals surface area contributed by atoms with Crippen molar-refractivity contribution >= 4 is 11.7 Å². The van der Waals surface area contributed by atoms with Crippen LogP contribution in [0, 0.1) is 5.92 Å². The summed E-state index contributed by atoms with van der Waals surface area (Å²) in [5.41, 5.74) is 0. The molecule has 2 fully saturated rings. The Morgan fingerprint density at radius 3 is 2.83 bits per heavy atom. The highest BCUT2D eigenvalue weighted by molar-refractivity contribution is 5.76. The van der Waals surface area contributed by atoms with E-state index in [4.69, 9.17) is 4.74 Å². The summed E-state index contributed by atoms with van der Waals surface area (Å²) in [6, 6.07) is 1.93. The maximum Gasteiger partial charge on any atom is 0.222 e. The van der Waals surface area contributed by atoms with Gasteiger partial charge in [0.15, 0.2) is 0 Å². The maximum absolute atomic E-state index is 12.2. The van der Waals surface area contributed by atoms with Gasteiger partial charge in [-0.3, -0.25) is 4.79 Å². The number of rotatable bonds is 6. The van der Waals surface area contributed by atoms with Crippen LogP contribution in [0.5, 0.6) is 5.88 Å². The summed E-state index contributed by atoms with van der Waals surface area (Å²) in [5.74, 6) is 2.37. The molecule has 1 unspecified atom stereocenters. The number of hydrogen-bond donors (Lipinski definition) is 0. The molecule has 24 heavy (non-hydrogen) atoms. The molecular weight excluding hydrogens is 304 g/mol. The summed E-state index contributed by atoms with van der Waals surface area (Å²) in [6.45, 7) is 7.86. The number of hydrogen-bond acceptors (Lipinski definition) is 5. The van der Waals surface area contributed by atoms with Crippen molar-refractivity contribution in [3.05, 3.63) is 12.4 Å². The SMILES string of the molecule is CC(C)CCC(=O)N1CCC(Oc2cc(N3CCCC3)ncn2)C1. The molecule has 2 aliphatic heterocycles. The lowest BCUT2D eigenvalue weighted by Crippen LogP contribution is -2.31. The fourth-order valence-corrected chi connectivity index (χ4v) is 3.31. The Labute approximate surface area is 144 Å². The number of ether oxygens (including phenoxy) is 1. The fraction of sp³-hybridized carbons (Fsp3) is 0.722. The average Bonchev–Trinajstić information content (AvgIpc) is 3.24. The van der Waals surface area contributed by atoms with E-state index < -0.39 is 0 Å². The van der Waals surface area contributed by atoms with E-state index in [0.717, 1.165) is 38.3 Å². The number of carbonyl (C=O) groups is 1. The van der Waals surface area contributed by atoms with Crippen molar-refractivity contribution in [2.24, 2.45) is 5.92 Å². The number of anilines is 1. The summed E-state index contributed by atoms with van der Waals surface area (Å²) in [5, 5.41) is 0. The number of amides is 1. The maximum atomic E-state index is 12.2. The molecule has 0 spiro atoms. The van der Waals surface area contributed by atoms with Crippen LogP contribution in [0.15, 0.2) is 12.4 Å². The van der Waals surface area contributed by atoms with Gasteiger partial charge < -0.3 is 14.5 Å². The zero-order valence-corrected chi connectivity index (χ0v) is 14.8. The van der Waals surface area contributed by atoms with Gasteiger partial charge in [0.25, 0.3) is 0 Å². The van der Waals surface area contributed by atoms with E-state index in [1.807, 2.05) is 11.0 Å². The molecule has 3 heterocycles.